The second-order valence-electron chi connectivity index (χ2n) is 4.12. The molecule has 0 bridgehead atoms. The van der Waals surface area contributed by atoms with Crippen LogP contribution >= 0.6 is 0 Å². The zero-order valence-corrected chi connectivity index (χ0v) is 8.76. The molecule has 1 atom stereocenters. The Balaban J connectivity index is 2.27. The first-order valence-corrected chi connectivity index (χ1v) is 5.13. The molecule has 1 aromatic rings. The third-order valence-electron chi connectivity index (χ3n) is 2.84. The normalized spacial score (nSPS) is 21.6. The van der Waals surface area contributed by atoms with Crippen molar-refractivity contribution in [3.8, 4) is 0 Å². The van der Waals surface area contributed by atoms with Gasteiger partial charge in [-0.15, -0.1) is 0 Å². The first-order chi connectivity index (χ1) is 6.66. The van der Waals surface area contributed by atoms with Crippen LogP contribution in [0.25, 0.3) is 0 Å². The van der Waals surface area contributed by atoms with E-state index in [1.807, 2.05) is 0 Å². The van der Waals surface area contributed by atoms with E-state index in [1.165, 1.54) is 16.8 Å². The molecule has 0 amide bonds. The van der Waals surface area contributed by atoms with Gasteiger partial charge in [-0.05, 0) is 37.5 Å². The molecule has 0 spiro atoms. The quantitative estimate of drug-likeness (QED) is 0.663. The van der Waals surface area contributed by atoms with Crippen molar-refractivity contribution in [1.82, 2.24) is 0 Å². The molecular formula is C12H16FN. The van der Waals surface area contributed by atoms with Gasteiger partial charge in [0.2, 0.25) is 0 Å². The highest BCUT2D eigenvalue weighted by molar-refractivity contribution is 5.55. The van der Waals surface area contributed by atoms with Crippen LogP contribution in [0.1, 0.15) is 17.5 Å². The fourth-order valence-electron chi connectivity index (χ4n) is 2.00. The number of aryl methyl sites for hydroxylation is 2. The Morgan fingerprint density at radius 1 is 1.36 bits per heavy atom. The number of nitrogens with zero attached hydrogens (tertiary/aromatic N) is 1. The number of anilines is 1. The summed E-state index contributed by atoms with van der Waals surface area (Å²) < 4.78 is 13.0. The molecule has 1 heterocycles. The Hall–Kier alpha value is -1.05. The lowest BCUT2D eigenvalue weighted by Gasteiger charge is -2.20. The molecule has 0 N–H and O–H groups in total. The first kappa shape index (κ1) is 9.50. The number of alkyl halides is 1. The second-order valence-corrected chi connectivity index (χ2v) is 4.12. The highest BCUT2D eigenvalue weighted by Gasteiger charge is 2.22. The molecule has 1 saturated heterocycles. The predicted octanol–water partition coefficient (Wildman–Crippen LogP) is 2.85. The van der Waals surface area contributed by atoms with E-state index in [2.05, 4.69) is 36.9 Å². The molecule has 1 nitrogen and oxygen atoms in total. The average Bonchev–Trinajstić information content (AvgIpc) is 2.56. The minimum atomic E-state index is -0.644. The Labute approximate surface area is 84.5 Å². The van der Waals surface area contributed by atoms with Crippen molar-refractivity contribution in [3.63, 3.8) is 0 Å². The molecule has 2 rings (SSSR count). The Kier molecular flexibility index (Phi) is 2.44. The van der Waals surface area contributed by atoms with Gasteiger partial charge < -0.3 is 4.90 Å². The number of benzene rings is 1. The summed E-state index contributed by atoms with van der Waals surface area (Å²) >= 11 is 0. The van der Waals surface area contributed by atoms with Crippen LogP contribution in [0, 0.1) is 13.8 Å². The molecule has 0 saturated carbocycles. The van der Waals surface area contributed by atoms with E-state index < -0.39 is 6.17 Å². The second kappa shape index (κ2) is 3.60. The fraction of sp³-hybridized carbons (Fsp3) is 0.500. The lowest BCUT2D eigenvalue weighted by Crippen LogP contribution is -2.20. The molecule has 2 heteroatoms. The molecule has 76 valence electrons. The van der Waals surface area contributed by atoms with Gasteiger partial charge in [0, 0.05) is 18.8 Å². The van der Waals surface area contributed by atoms with Gasteiger partial charge in [0.15, 0.2) is 0 Å². The third-order valence-corrected chi connectivity index (χ3v) is 2.84. The van der Waals surface area contributed by atoms with E-state index in [-0.39, 0.29) is 0 Å². The zero-order valence-electron chi connectivity index (χ0n) is 8.76. The molecule has 1 aliphatic heterocycles. The van der Waals surface area contributed by atoms with Crippen LogP contribution in [0.2, 0.25) is 0 Å². The standard InChI is InChI=1S/C12H16FN/c1-9-3-4-10(2)12(7-9)14-6-5-11(13)8-14/h3-4,7,11H,5-6,8H2,1-2H3. The van der Waals surface area contributed by atoms with Gasteiger partial charge in [-0.2, -0.15) is 0 Å². The van der Waals surface area contributed by atoms with Crippen LogP contribution in [-0.2, 0) is 0 Å². The topological polar surface area (TPSA) is 3.24 Å². The first-order valence-electron chi connectivity index (χ1n) is 5.13. The van der Waals surface area contributed by atoms with Crippen LogP contribution < -0.4 is 4.90 Å². The van der Waals surface area contributed by atoms with Crippen molar-refractivity contribution in [2.45, 2.75) is 26.4 Å². The van der Waals surface area contributed by atoms with Crippen molar-refractivity contribution in [1.29, 1.82) is 0 Å². The maximum absolute atomic E-state index is 13.0. The summed E-state index contributed by atoms with van der Waals surface area (Å²) in [6, 6.07) is 6.35. The molecule has 1 unspecified atom stereocenters. The lowest BCUT2D eigenvalue weighted by molar-refractivity contribution is 0.364. The summed E-state index contributed by atoms with van der Waals surface area (Å²) in [6.45, 7) is 5.57. The summed E-state index contributed by atoms with van der Waals surface area (Å²) in [6.07, 6.45) is 0.0304. The van der Waals surface area contributed by atoms with Crippen molar-refractivity contribution in [3.05, 3.63) is 29.3 Å². The van der Waals surface area contributed by atoms with E-state index in [1.54, 1.807) is 0 Å². The van der Waals surface area contributed by atoms with Crippen LogP contribution in [0.3, 0.4) is 0 Å². The predicted molar refractivity (Wildman–Crippen MR) is 57.6 cm³/mol. The smallest absolute Gasteiger partial charge is 0.119 e. The number of halogens is 1. The van der Waals surface area contributed by atoms with Crippen LogP contribution in [-0.4, -0.2) is 19.3 Å². The largest absolute Gasteiger partial charge is 0.368 e. The average molecular weight is 193 g/mol. The third kappa shape index (κ3) is 1.74. The zero-order chi connectivity index (χ0) is 10.1. The van der Waals surface area contributed by atoms with E-state index in [0.717, 1.165) is 6.54 Å². The highest BCUT2D eigenvalue weighted by atomic mass is 19.1. The number of hydrogen-bond acceptors (Lipinski definition) is 1. The van der Waals surface area contributed by atoms with E-state index in [0.29, 0.717) is 13.0 Å². The lowest BCUT2D eigenvalue weighted by atomic mass is 10.1. The van der Waals surface area contributed by atoms with Gasteiger partial charge >= 0.3 is 0 Å². The van der Waals surface area contributed by atoms with Gasteiger partial charge in [-0.25, -0.2) is 4.39 Å². The van der Waals surface area contributed by atoms with Gasteiger partial charge in [-0.3, -0.25) is 0 Å². The maximum Gasteiger partial charge on any atom is 0.119 e. The fourth-order valence-corrected chi connectivity index (χ4v) is 2.00. The minimum absolute atomic E-state index is 0.560. The van der Waals surface area contributed by atoms with Crippen molar-refractivity contribution in [2.24, 2.45) is 0 Å². The van der Waals surface area contributed by atoms with Gasteiger partial charge in [0.1, 0.15) is 6.17 Å². The Morgan fingerprint density at radius 3 is 2.79 bits per heavy atom. The summed E-state index contributed by atoms with van der Waals surface area (Å²) in [5, 5.41) is 0. The number of hydrogen-bond donors (Lipinski definition) is 0. The molecule has 0 aliphatic carbocycles. The summed E-state index contributed by atoms with van der Waals surface area (Å²) in [5.74, 6) is 0. The van der Waals surface area contributed by atoms with Gasteiger partial charge in [0.25, 0.3) is 0 Å². The van der Waals surface area contributed by atoms with Crippen molar-refractivity contribution < 1.29 is 4.39 Å². The van der Waals surface area contributed by atoms with Crippen LogP contribution in [0.5, 0.6) is 0 Å². The van der Waals surface area contributed by atoms with Crippen molar-refractivity contribution >= 4 is 5.69 Å². The molecule has 14 heavy (non-hydrogen) atoms. The van der Waals surface area contributed by atoms with E-state index >= 15 is 0 Å². The van der Waals surface area contributed by atoms with Crippen molar-refractivity contribution in [2.75, 3.05) is 18.0 Å². The molecular weight excluding hydrogens is 177 g/mol. The maximum atomic E-state index is 13.0. The highest BCUT2D eigenvalue weighted by Crippen LogP contribution is 2.26. The molecule has 0 aromatic heterocycles. The Morgan fingerprint density at radius 2 is 2.14 bits per heavy atom. The molecule has 1 fully saturated rings. The van der Waals surface area contributed by atoms with Gasteiger partial charge in [0.05, 0.1) is 0 Å². The van der Waals surface area contributed by atoms with E-state index in [4.69, 9.17) is 0 Å². The summed E-state index contributed by atoms with van der Waals surface area (Å²) in [4.78, 5) is 2.15. The van der Waals surface area contributed by atoms with Crippen LogP contribution in [0.15, 0.2) is 18.2 Å². The van der Waals surface area contributed by atoms with Crippen LogP contribution in [0.4, 0.5) is 10.1 Å². The molecule has 0 radical (unpaired) electrons. The van der Waals surface area contributed by atoms with Gasteiger partial charge in [-0.1, -0.05) is 12.1 Å². The molecule has 1 aliphatic rings. The summed E-state index contributed by atoms with van der Waals surface area (Å²) in [5.41, 5.74) is 3.68. The SMILES string of the molecule is Cc1ccc(C)c(N2CCC(F)C2)c1. The monoisotopic (exact) mass is 193 g/mol. The Bertz CT molecular complexity index is 335. The minimum Gasteiger partial charge on any atom is -0.368 e. The molecule has 1 aromatic carbocycles. The number of rotatable bonds is 1. The summed E-state index contributed by atoms with van der Waals surface area (Å²) in [7, 11) is 0. The van der Waals surface area contributed by atoms with E-state index in [9.17, 15) is 4.39 Å².